The largest absolute Gasteiger partial charge is 0.409 e. The molecule has 0 aromatic carbocycles. The van der Waals surface area contributed by atoms with E-state index in [1.165, 1.54) is 12.8 Å². The minimum Gasteiger partial charge on any atom is -0.409 e. The molecule has 0 heterocycles. The summed E-state index contributed by atoms with van der Waals surface area (Å²) in [5.41, 5.74) is 5.09. The molecule has 5 heteroatoms. The van der Waals surface area contributed by atoms with Crippen LogP contribution in [-0.4, -0.2) is 34.9 Å². The average Bonchev–Trinajstić information content (AvgIpc) is 3.26. The molecule has 0 atom stereocenters. The van der Waals surface area contributed by atoms with Crippen LogP contribution in [0.5, 0.6) is 0 Å². The maximum atomic E-state index is 13.0. The van der Waals surface area contributed by atoms with E-state index in [0.717, 1.165) is 19.4 Å². The van der Waals surface area contributed by atoms with Crippen LogP contribution in [0.25, 0.3) is 0 Å². The van der Waals surface area contributed by atoms with Gasteiger partial charge in [0.25, 0.3) is 0 Å². The molecule has 1 rings (SSSR count). The highest BCUT2D eigenvalue weighted by Crippen LogP contribution is 2.35. The first-order valence-corrected chi connectivity index (χ1v) is 7.83. The van der Waals surface area contributed by atoms with Crippen LogP contribution < -0.4 is 5.73 Å². The zero-order valence-electron chi connectivity index (χ0n) is 13.1. The summed E-state index contributed by atoms with van der Waals surface area (Å²) in [4.78, 5) is 14.9. The van der Waals surface area contributed by atoms with Gasteiger partial charge >= 0.3 is 0 Å². The molecule has 1 aliphatic rings. The van der Waals surface area contributed by atoms with Gasteiger partial charge in [0.05, 0.1) is 0 Å². The van der Waals surface area contributed by atoms with Crippen LogP contribution in [0, 0.1) is 11.3 Å². The molecule has 0 radical (unpaired) electrons. The third kappa shape index (κ3) is 3.64. The van der Waals surface area contributed by atoms with Crippen LogP contribution in [0.15, 0.2) is 5.16 Å². The molecular weight excluding hydrogens is 254 g/mol. The minimum atomic E-state index is -0.830. The van der Waals surface area contributed by atoms with Crippen LogP contribution in [0.3, 0.4) is 0 Å². The third-order valence-corrected chi connectivity index (χ3v) is 4.21. The normalized spacial score (nSPS) is 16.2. The number of amidine groups is 1. The van der Waals surface area contributed by atoms with Gasteiger partial charge in [0, 0.05) is 13.1 Å². The molecule has 0 bridgehead atoms. The Labute approximate surface area is 122 Å². The van der Waals surface area contributed by atoms with Crippen molar-refractivity contribution in [1.29, 1.82) is 0 Å². The van der Waals surface area contributed by atoms with Crippen molar-refractivity contribution in [3.05, 3.63) is 0 Å². The molecule has 0 aromatic heterocycles. The van der Waals surface area contributed by atoms with Crippen LogP contribution in [0.1, 0.15) is 59.3 Å². The first-order valence-electron chi connectivity index (χ1n) is 7.83. The van der Waals surface area contributed by atoms with Gasteiger partial charge in [-0.3, -0.25) is 4.79 Å². The number of hydrogen-bond donors (Lipinski definition) is 2. The molecule has 0 spiro atoms. The number of hydrogen-bond acceptors (Lipinski definition) is 3. The van der Waals surface area contributed by atoms with Gasteiger partial charge < -0.3 is 15.8 Å². The Balaban J connectivity index is 3.01. The first-order chi connectivity index (χ1) is 9.55. The highest BCUT2D eigenvalue weighted by atomic mass is 16.4. The van der Waals surface area contributed by atoms with Crippen molar-refractivity contribution in [1.82, 2.24) is 4.90 Å². The topological polar surface area (TPSA) is 78.9 Å². The summed E-state index contributed by atoms with van der Waals surface area (Å²) in [7, 11) is 0. The van der Waals surface area contributed by atoms with E-state index >= 15 is 0 Å². The number of carbonyl (C=O) groups is 1. The van der Waals surface area contributed by atoms with Gasteiger partial charge in [-0.2, -0.15) is 0 Å². The Kier molecular flexibility index (Phi) is 6.30. The SMILES string of the molecule is CCCC(CCC)(C(=O)N(CC)CC1CC1)C(N)=NO. The molecule has 0 aliphatic heterocycles. The second-order valence-corrected chi connectivity index (χ2v) is 5.85. The van der Waals surface area contributed by atoms with Gasteiger partial charge in [-0.15, -0.1) is 0 Å². The summed E-state index contributed by atoms with van der Waals surface area (Å²) in [6.07, 6.45) is 5.36. The van der Waals surface area contributed by atoms with Crippen LogP contribution in [0.4, 0.5) is 0 Å². The second kappa shape index (κ2) is 7.50. The highest BCUT2D eigenvalue weighted by molar-refractivity contribution is 6.06. The number of nitrogens with two attached hydrogens (primary N) is 1. The molecule has 116 valence electrons. The fourth-order valence-corrected chi connectivity index (χ4v) is 2.92. The molecule has 5 nitrogen and oxygen atoms in total. The van der Waals surface area contributed by atoms with Gasteiger partial charge in [0.15, 0.2) is 5.84 Å². The lowest BCUT2D eigenvalue weighted by molar-refractivity contribution is -0.139. The smallest absolute Gasteiger partial charge is 0.236 e. The van der Waals surface area contributed by atoms with Crippen molar-refractivity contribution in [3.8, 4) is 0 Å². The van der Waals surface area contributed by atoms with E-state index in [0.29, 0.717) is 25.3 Å². The molecule has 1 amide bonds. The van der Waals surface area contributed by atoms with Crippen molar-refractivity contribution in [3.63, 3.8) is 0 Å². The number of rotatable bonds is 9. The Morgan fingerprint density at radius 1 is 1.30 bits per heavy atom. The van der Waals surface area contributed by atoms with E-state index in [9.17, 15) is 4.79 Å². The third-order valence-electron chi connectivity index (χ3n) is 4.21. The van der Waals surface area contributed by atoms with Crippen LogP contribution in [0.2, 0.25) is 0 Å². The molecular formula is C15H29N3O2. The first kappa shape index (κ1) is 16.8. The lowest BCUT2D eigenvalue weighted by Crippen LogP contribution is -2.52. The van der Waals surface area contributed by atoms with Crippen molar-refractivity contribution in [2.24, 2.45) is 22.2 Å². The van der Waals surface area contributed by atoms with E-state index in [-0.39, 0.29) is 11.7 Å². The Hall–Kier alpha value is -1.26. The second-order valence-electron chi connectivity index (χ2n) is 5.85. The molecule has 1 aliphatic carbocycles. The van der Waals surface area contributed by atoms with Gasteiger partial charge in [-0.05, 0) is 38.5 Å². The molecule has 20 heavy (non-hydrogen) atoms. The van der Waals surface area contributed by atoms with Gasteiger partial charge in [-0.25, -0.2) is 0 Å². The van der Waals surface area contributed by atoms with E-state index in [4.69, 9.17) is 10.9 Å². The van der Waals surface area contributed by atoms with Crippen LogP contribution >= 0.6 is 0 Å². The lowest BCUT2D eigenvalue weighted by atomic mass is 9.76. The summed E-state index contributed by atoms with van der Waals surface area (Å²) in [5, 5.41) is 12.3. The van der Waals surface area contributed by atoms with Crippen molar-refractivity contribution < 1.29 is 10.0 Å². The summed E-state index contributed by atoms with van der Waals surface area (Å²) < 4.78 is 0. The van der Waals surface area contributed by atoms with Gasteiger partial charge in [-0.1, -0.05) is 31.8 Å². The summed E-state index contributed by atoms with van der Waals surface area (Å²) in [6.45, 7) is 7.54. The maximum Gasteiger partial charge on any atom is 0.236 e. The van der Waals surface area contributed by atoms with E-state index in [1.54, 1.807) is 0 Å². The zero-order valence-corrected chi connectivity index (χ0v) is 13.1. The molecule has 3 N–H and O–H groups in total. The molecule has 0 aromatic rings. The Bertz CT molecular complexity index is 345. The lowest BCUT2D eigenvalue weighted by Gasteiger charge is -2.36. The van der Waals surface area contributed by atoms with Crippen molar-refractivity contribution in [2.45, 2.75) is 59.3 Å². The minimum absolute atomic E-state index is 0.0332. The van der Waals surface area contributed by atoms with E-state index in [2.05, 4.69) is 5.16 Å². The standard InChI is InChI=1S/C15H29N3O2/c1-4-9-15(10-5-2,13(16)17-20)14(19)18(6-3)11-12-7-8-12/h12,20H,4-11H2,1-3H3,(H2,16,17). The number of oxime groups is 1. The highest BCUT2D eigenvalue weighted by Gasteiger charge is 2.44. The van der Waals surface area contributed by atoms with Gasteiger partial charge in [0.1, 0.15) is 5.41 Å². The summed E-state index contributed by atoms with van der Waals surface area (Å²) in [6, 6.07) is 0. The Morgan fingerprint density at radius 3 is 2.20 bits per heavy atom. The molecule has 0 saturated heterocycles. The maximum absolute atomic E-state index is 13.0. The fraction of sp³-hybridized carbons (Fsp3) is 0.867. The van der Waals surface area contributed by atoms with Crippen molar-refractivity contribution >= 4 is 11.7 Å². The zero-order chi connectivity index (χ0) is 15.2. The summed E-state index contributed by atoms with van der Waals surface area (Å²) >= 11 is 0. The predicted octanol–water partition coefficient (Wildman–Crippen LogP) is 2.58. The molecule has 1 fully saturated rings. The van der Waals surface area contributed by atoms with Gasteiger partial charge in [0.2, 0.25) is 5.91 Å². The van der Waals surface area contributed by atoms with E-state index in [1.807, 2.05) is 25.7 Å². The predicted molar refractivity (Wildman–Crippen MR) is 80.6 cm³/mol. The number of carbonyl (C=O) groups excluding carboxylic acids is 1. The fourth-order valence-electron chi connectivity index (χ4n) is 2.92. The Morgan fingerprint density at radius 2 is 1.85 bits per heavy atom. The molecule has 0 unspecified atom stereocenters. The van der Waals surface area contributed by atoms with Crippen LogP contribution in [-0.2, 0) is 4.79 Å². The average molecular weight is 283 g/mol. The summed E-state index contributed by atoms with van der Waals surface area (Å²) in [5.74, 6) is 0.749. The number of amides is 1. The van der Waals surface area contributed by atoms with E-state index < -0.39 is 5.41 Å². The molecule has 1 saturated carbocycles. The monoisotopic (exact) mass is 283 g/mol. The number of nitrogens with zero attached hydrogens (tertiary/aromatic N) is 2. The quantitative estimate of drug-likeness (QED) is 0.295. The van der Waals surface area contributed by atoms with Crippen molar-refractivity contribution in [2.75, 3.05) is 13.1 Å².